The summed E-state index contributed by atoms with van der Waals surface area (Å²) in [5.74, 6) is 0.675. The molecule has 2 aromatic carbocycles. The molecule has 0 bridgehead atoms. The number of hydrazone groups is 1. The Balaban J connectivity index is 1.58. The second-order valence-corrected chi connectivity index (χ2v) is 8.43. The van der Waals surface area contributed by atoms with Crippen LogP contribution in [0.2, 0.25) is 5.02 Å². The minimum absolute atomic E-state index is 0.109. The molecule has 1 heterocycles. The number of aromatic nitrogens is 3. The monoisotopic (exact) mass is 486 g/mol. The van der Waals surface area contributed by atoms with Crippen molar-refractivity contribution in [2.75, 3.05) is 23.7 Å². The normalized spacial score (nSPS) is 11.2. The summed E-state index contributed by atoms with van der Waals surface area (Å²) in [6.45, 7) is 8.48. The maximum absolute atomic E-state index is 12.2. The highest BCUT2D eigenvalue weighted by atomic mass is 35.5. The van der Waals surface area contributed by atoms with Crippen molar-refractivity contribution in [1.29, 1.82) is 0 Å². The third-order valence-electron chi connectivity index (χ3n) is 5.00. The summed E-state index contributed by atoms with van der Waals surface area (Å²) in [7, 11) is 0. The van der Waals surface area contributed by atoms with Gasteiger partial charge in [0.15, 0.2) is 11.0 Å². The zero-order chi connectivity index (χ0) is 23.8. The van der Waals surface area contributed by atoms with Crippen molar-refractivity contribution in [2.45, 2.75) is 32.5 Å². The number of rotatable bonds is 10. The van der Waals surface area contributed by atoms with Gasteiger partial charge in [0.1, 0.15) is 5.75 Å². The molecule has 2 N–H and O–H groups in total. The first kappa shape index (κ1) is 24.6. The average molecular weight is 487 g/mol. The molecular weight excluding hydrogens is 460 g/mol. The maximum Gasteiger partial charge on any atom is 0.250 e. The zero-order valence-corrected chi connectivity index (χ0v) is 20.4. The molecule has 1 aromatic heterocycles. The summed E-state index contributed by atoms with van der Waals surface area (Å²) < 4.78 is 1.94. The number of nitrogens with one attached hydrogen (secondary N) is 1. The van der Waals surface area contributed by atoms with Gasteiger partial charge < -0.3 is 14.6 Å². The first-order valence-electron chi connectivity index (χ1n) is 10.7. The Morgan fingerprint density at radius 3 is 2.55 bits per heavy atom. The van der Waals surface area contributed by atoms with Crippen LogP contribution >= 0.6 is 23.4 Å². The molecule has 3 rings (SSSR count). The van der Waals surface area contributed by atoms with Gasteiger partial charge in [0.05, 0.1) is 12.0 Å². The lowest BCUT2D eigenvalue weighted by Crippen LogP contribution is -2.21. The molecule has 10 heteroatoms. The maximum atomic E-state index is 12.2. The lowest BCUT2D eigenvalue weighted by molar-refractivity contribution is -0.118. The minimum atomic E-state index is -0.283. The summed E-state index contributed by atoms with van der Waals surface area (Å²) >= 11 is 7.25. The molecular formula is C23H27ClN6O2S. The molecule has 0 aliphatic carbocycles. The van der Waals surface area contributed by atoms with Crippen LogP contribution in [0.15, 0.2) is 52.7 Å². The third-order valence-corrected chi connectivity index (χ3v) is 6.22. The smallest absolute Gasteiger partial charge is 0.250 e. The minimum Gasteiger partial charge on any atom is -0.507 e. The number of anilines is 1. The molecule has 174 valence electrons. The van der Waals surface area contributed by atoms with Gasteiger partial charge in [-0.3, -0.25) is 4.79 Å². The number of aromatic hydroxyl groups is 1. The second-order valence-electron chi connectivity index (χ2n) is 7.05. The van der Waals surface area contributed by atoms with Crippen LogP contribution in [0, 0.1) is 0 Å². The molecule has 0 saturated heterocycles. The topological polar surface area (TPSA) is 95.6 Å². The van der Waals surface area contributed by atoms with E-state index in [1.165, 1.54) is 18.0 Å². The van der Waals surface area contributed by atoms with Gasteiger partial charge >= 0.3 is 0 Å². The lowest BCUT2D eigenvalue weighted by Gasteiger charge is -2.21. The van der Waals surface area contributed by atoms with Crippen molar-refractivity contribution in [1.82, 2.24) is 20.2 Å². The van der Waals surface area contributed by atoms with E-state index in [0.717, 1.165) is 30.2 Å². The molecule has 0 fully saturated rings. The van der Waals surface area contributed by atoms with Crippen LogP contribution in [0.4, 0.5) is 5.69 Å². The number of benzene rings is 2. The molecule has 8 nitrogen and oxygen atoms in total. The van der Waals surface area contributed by atoms with Gasteiger partial charge in [-0.2, -0.15) is 5.10 Å². The molecule has 0 saturated carbocycles. The Hall–Kier alpha value is -3.04. The van der Waals surface area contributed by atoms with Gasteiger partial charge in [-0.05, 0) is 57.2 Å². The average Bonchev–Trinajstić information content (AvgIpc) is 3.23. The van der Waals surface area contributed by atoms with Crippen LogP contribution in [0.25, 0.3) is 11.4 Å². The van der Waals surface area contributed by atoms with Crippen molar-refractivity contribution in [3.05, 3.63) is 53.1 Å². The van der Waals surface area contributed by atoms with Crippen molar-refractivity contribution >= 4 is 41.2 Å². The first-order valence-corrected chi connectivity index (χ1v) is 12.0. The highest BCUT2D eigenvalue weighted by molar-refractivity contribution is 7.99. The number of hydrogen-bond acceptors (Lipinski definition) is 7. The quantitative estimate of drug-likeness (QED) is 0.250. The Morgan fingerprint density at radius 2 is 1.91 bits per heavy atom. The van der Waals surface area contributed by atoms with E-state index in [4.69, 9.17) is 11.6 Å². The number of halogens is 1. The van der Waals surface area contributed by atoms with E-state index in [9.17, 15) is 9.90 Å². The molecule has 0 unspecified atom stereocenters. The SMILES string of the molecule is CCN(CC)c1ccc(/C=N/NC(=O)CSc2nnc(-c3ccc(Cl)cc3)n2CC)c(O)c1. The number of phenolic OH excluding ortho intramolecular Hbond substituents is 1. The van der Waals surface area contributed by atoms with Gasteiger partial charge in [-0.15, -0.1) is 10.2 Å². The predicted octanol–water partition coefficient (Wildman–Crippen LogP) is 4.41. The number of carbonyl (C=O) groups is 1. The molecule has 0 aliphatic rings. The van der Waals surface area contributed by atoms with Crippen molar-refractivity contribution in [2.24, 2.45) is 5.10 Å². The summed E-state index contributed by atoms with van der Waals surface area (Å²) in [5, 5.41) is 24.0. The van der Waals surface area contributed by atoms with E-state index in [1.54, 1.807) is 24.3 Å². The molecule has 0 radical (unpaired) electrons. The van der Waals surface area contributed by atoms with Gasteiger partial charge in [0.2, 0.25) is 0 Å². The fourth-order valence-corrected chi connectivity index (χ4v) is 4.18. The van der Waals surface area contributed by atoms with Crippen molar-refractivity contribution in [3.8, 4) is 17.1 Å². The van der Waals surface area contributed by atoms with Crippen molar-refractivity contribution in [3.63, 3.8) is 0 Å². The number of carbonyl (C=O) groups excluding carboxylic acids is 1. The summed E-state index contributed by atoms with van der Waals surface area (Å²) in [4.78, 5) is 14.4. The van der Waals surface area contributed by atoms with Crippen LogP contribution in [0.3, 0.4) is 0 Å². The van der Waals surface area contributed by atoms with E-state index in [1.807, 2.05) is 29.7 Å². The molecule has 1 amide bonds. The Morgan fingerprint density at radius 1 is 1.18 bits per heavy atom. The highest BCUT2D eigenvalue weighted by Crippen LogP contribution is 2.25. The summed E-state index contributed by atoms with van der Waals surface area (Å²) in [5.41, 5.74) is 4.85. The fraction of sp³-hybridized carbons (Fsp3) is 0.304. The van der Waals surface area contributed by atoms with E-state index in [-0.39, 0.29) is 17.4 Å². The van der Waals surface area contributed by atoms with Gasteiger partial charge in [-0.25, -0.2) is 5.43 Å². The van der Waals surface area contributed by atoms with Crippen LogP contribution in [-0.2, 0) is 11.3 Å². The fourth-order valence-electron chi connectivity index (χ4n) is 3.26. The standard InChI is InChI=1S/C23H27ClN6O2S/c1-4-29(5-2)19-12-9-17(20(31)13-19)14-25-26-21(32)15-33-23-28-27-22(30(23)6-3)16-7-10-18(24)11-8-16/h7-14,31H,4-6,15H2,1-3H3,(H,26,32)/b25-14+. The summed E-state index contributed by atoms with van der Waals surface area (Å²) in [6, 6.07) is 12.8. The first-order chi connectivity index (χ1) is 16.0. The zero-order valence-electron chi connectivity index (χ0n) is 18.8. The van der Waals surface area contributed by atoms with Crippen LogP contribution in [-0.4, -0.2) is 50.8 Å². The molecule has 0 atom stereocenters. The number of thioether (sulfide) groups is 1. The Bertz CT molecular complexity index is 1110. The molecule has 3 aromatic rings. The number of nitrogens with zero attached hydrogens (tertiary/aromatic N) is 5. The molecule has 0 spiro atoms. The van der Waals surface area contributed by atoms with E-state index in [2.05, 4.69) is 39.5 Å². The van der Waals surface area contributed by atoms with E-state index >= 15 is 0 Å². The molecule has 33 heavy (non-hydrogen) atoms. The van der Waals surface area contributed by atoms with Crippen LogP contribution in [0.5, 0.6) is 5.75 Å². The van der Waals surface area contributed by atoms with Crippen LogP contribution < -0.4 is 10.3 Å². The van der Waals surface area contributed by atoms with E-state index in [0.29, 0.717) is 22.3 Å². The number of hydrogen-bond donors (Lipinski definition) is 2. The number of amides is 1. The number of phenols is 1. The molecule has 0 aliphatic heterocycles. The lowest BCUT2D eigenvalue weighted by atomic mass is 10.2. The van der Waals surface area contributed by atoms with Crippen LogP contribution in [0.1, 0.15) is 26.3 Å². The summed E-state index contributed by atoms with van der Waals surface area (Å²) in [6.07, 6.45) is 1.43. The van der Waals surface area contributed by atoms with Gasteiger partial charge in [0.25, 0.3) is 5.91 Å². The highest BCUT2D eigenvalue weighted by Gasteiger charge is 2.14. The predicted molar refractivity (Wildman–Crippen MR) is 134 cm³/mol. The van der Waals surface area contributed by atoms with Gasteiger partial charge in [-0.1, -0.05) is 23.4 Å². The largest absolute Gasteiger partial charge is 0.507 e. The Labute approximate surface area is 202 Å². The van der Waals surface area contributed by atoms with E-state index < -0.39 is 0 Å². The van der Waals surface area contributed by atoms with Crippen molar-refractivity contribution < 1.29 is 9.90 Å². The third kappa shape index (κ3) is 6.27. The van der Waals surface area contributed by atoms with Gasteiger partial charge in [0, 0.05) is 47.5 Å². The Kier molecular flexibility index (Phi) is 8.73. The second kappa shape index (κ2) is 11.7.